The Morgan fingerprint density at radius 1 is 1.05 bits per heavy atom. The summed E-state index contributed by atoms with van der Waals surface area (Å²) < 4.78 is 23.3. The van der Waals surface area contributed by atoms with E-state index in [9.17, 15) is 9.18 Å². The molecule has 20 heavy (non-hydrogen) atoms. The molecular weight excluding hydrogens is 259 g/mol. The number of rotatable bonds is 2. The summed E-state index contributed by atoms with van der Waals surface area (Å²) in [4.78, 5) is 12.0. The first-order chi connectivity index (χ1) is 9.67. The van der Waals surface area contributed by atoms with Crippen molar-refractivity contribution in [2.45, 2.75) is 0 Å². The van der Waals surface area contributed by atoms with Crippen molar-refractivity contribution in [1.82, 2.24) is 0 Å². The van der Waals surface area contributed by atoms with E-state index in [1.54, 1.807) is 37.4 Å². The Morgan fingerprint density at radius 3 is 2.50 bits per heavy atom. The second-order valence-corrected chi connectivity index (χ2v) is 4.36. The minimum atomic E-state index is -0.461. The predicted molar refractivity (Wildman–Crippen MR) is 74.4 cm³/mol. The van der Waals surface area contributed by atoms with Gasteiger partial charge in [0.1, 0.15) is 17.1 Å². The molecule has 0 unspecified atom stereocenters. The van der Waals surface area contributed by atoms with Crippen LogP contribution < -0.4 is 10.4 Å². The quantitative estimate of drug-likeness (QED) is 0.668. The highest BCUT2D eigenvalue weighted by Gasteiger charge is 2.08. The van der Waals surface area contributed by atoms with Crippen molar-refractivity contribution in [3.05, 3.63) is 64.8 Å². The van der Waals surface area contributed by atoms with Crippen molar-refractivity contribution in [3.63, 3.8) is 0 Å². The Kier molecular flexibility index (Phi) is 2.99. The lowest BCUT2D eigenvalue weighted by Gasteiger charge is -2.04. The maximum atomic E-state index is 12.9. The van der Waals surface area contributed by atoms with E-state index in [1.807, 2.05) is 6.07 Å². The van der Waals surface area contributed by atoms with Gasteiger partial charge in [0, 0.05) is 11.5 Å². The zero-order chi connectivity index (χ0) is 14.1. The summed E-state index contributed by atoms with van der Waals surface area (Å²) in [5.41, 5.74) is 1.03. The third-order valence-corrected chi connectivity index (χ3v) is 3.10. The highest BCUT2D eigenvalue weighted by Crippen LogP contribution is 2.24. The largest absolute Gasteiger partial charge is 0.497 e. The summed E-state index contributed by atoms with van der Waals surface area (Å²) in [5.74, 6) is 0.277. The van der Waals surface area contributed by atoms with Crippen LogP contribution in [-0.4, -0.2) is 7.11 Å². The van der Waals surface area contributed by atoms with Gasteiger partial charge < -0.3 is 9.15 Å². The molecule has 0 atom stereocenters. The minimum Gasteiger partial charge on any atom is -0.497 e. The van der Waals surface area contributed by atoms with Crippen LogP contribution in [0.5, 0.6) is 5.75 Å². The van der Waals surface area contributed by atoms with Gasteiger partial charge in [-0.15, -0.1) is 0 Å². The maximum Gasteiger partial charge on any atom is 0.344 e. The van der Waals surface area contributed by atoms with Gasteiger partial charge in [0.15, 0.2) is 0 Å². The number of ether oxygens (including phenoxy) is 1. The van der Waals surface area contributed by atoms with E-state index in [-0.39, 0.29) is 5.82 Å². The summed E-state index contributed by atoms with van der Waals surface area (Å²) >= 11 is 0. The predicted octanol–water partition coefficient (Wildman–Crippen LogP) is 3.61. The maximum absolute atomic E-state index is 12.9. The molecule has 3 aromatic rings. The van der Waals surface area contributed by atoms with Crippen molar-refractivity contribution in [2.24, 2.45) is 0 Å². The molecule has 0 saturated carbocycles. The molecule has 1 aromatic heterocycles. The second kappa shape index (κ2) is 4.81. The topological polar surface area (TPSA) is 39.4 Å². The molecule has 0 N–H and O–H groups in total. The van der Waals surface area contributed by atoms with Gasteiger partial charge in [0.2, 0.25) is 0 Å². The van der Waals surface area contributed by atoms with Crippen molar-refractivity contribution in [1.29, 1.82) is 0 Å². The normalized spacial score (nSPS) is 10.7. The van der Waals surface area contributed by atoms with Crippen molar-refractivity contribution >= 4 is 11.0 Å². The number of hydrogen-bond acceptors (Lipinski definition) is 3. The lowest BCUT2D eigenvalue weighted by Crippen LogP contribution is -2.02. The van der Waals surface area contributed by atoms with Crippen LogP contribution in [0.15, 0.2) is 57.7 Å². The first-order valence-electron chi connectivity index (χ1n) is 6.05. The Bertz CT molecular complexity index is 819. The fourth-order valence-electron chi connectivity index (χ4n) is 2.05. The van der Waals surface area contributed by atoms with E-state index >= 15 is 0 Å². The third-order valence-electron chi connectivity index (χ3n) is 3.10. The number of benzene rings is 2. The van der Waals surface area contributed by atoms with E-state index in [0.29, 0.717) is 22.5 Å². The Labute approximate surface area is 114 Å². The molecule has 100 valence electrons. The van der Waals surface area contributed by atoms with Crippen LogP contribution in [0.1, 0.15) is 0 Å². The lowest BCUT2D eigenvalue weighted by molar-refractivity contribution is 0.414. The minimum absolute atomic E-state index is 0.344. The summed E-state index contributed by atoms with van der Waals surface area (Å²) in [6.45, 7) is 0. The van der Waals surface area contributed by atoms with E-state index in [2.05, 4.69) is 0 Å². The molecule has 1 heterocycles. The molecule has 0 radical (unpaired) electrons. The number of halogens is 1. The van der Waals surface area contributed by atoms with E-state index in [1.165, 1.54) is 12.1 Å². The van der Waals surface area contributed by atoms with Gasteiger partial charge in [-0.05, 0) is 35.9 Å². The molecule has 0 amide bonds. The molecule has 0 aliphatic rings. The molecule has 0 bridgehead atoms. The fraction of sp³-hybridized carbons (Fsp3) is 0.0625. The molecule has 3 nitrogen and oxygen atoms in total. The van der Waals surface area contributed by atoms with Crippen LogP contribution in [0.3, 0.4) is 0 Å². The van der Waals surface area contributed by atoms with Gasteiger partial charge in [-0.2, -0.15) is 0 Å². The first-order valence-corrected chi connectivity index (χ1v) is 6.05. The Balaban J connectivity index is 2.20. The van der Waals surface area contributed by atoms with Crippen LogP contribution in [-0.2, 0) is 0 Å². The Morgan fingerprint density at radius 2 is 1.80 bits per heavy atom. The average molecular weight is 270 g/mol. The van der Waals surface area contributed by atoms with Gasteiger partial charge in [0.05, 0.1) is 12.7 Å². The zero-order valence-electron chi connectivity index (χ0n) is 10.7. The highest BCUT2D eigenvalue weighted by atomic mass is 19.1. The van der Waals surface area contributed by atoms with Crippen LogP contribution in [0.4, 0.5) is 4.39 Å². The molecule has 2 aromatic carbocycles. The van der Waals surface area contributed by atoms with E-state index in [0.717, 1.165) is 5.39 Å². The molecule has 0 aliphatic heterocycles. The number of hydrogen-bond donors (Lipinski definition) is 0. The van der Waals surface area contributed by atoms with Crippen LogP contribution in [0.25, 0.3) is 22.1 Å². The SMILES string of the molecule is COc1ccc2cc(-c3ccc(F)cc3)c(=O)oc2c1. The molecule has 0 spiro atoms. The summed E-state index contributed by atoms with van der Waals surface area (Å²) in [6.07, 6.45) is 0. The van der Waals surface area contributed by atoms with Gasteiger partial charge in [-0.3, -0.25) is 0 Å². The zero-order valence-corrected chi connectivity index (χ0v) is 10.7. The number of fused-ring (bicyclic) bond motifs is 1. The van der Waals surface area contributed by atoms with Crippen LogP contribution >= 0.6 is 0 Å². The summed E-state index contributed by atoms with van der Waals surface area (Å²) in [7, 11) is 1.55. The smallest absolute Gasteiger partial charge is 0.344 e. The third kappa shape index (κ3) is 2.16. The lowest BCUT2D eigenvalue weighted by atomic mass is 10.1. The van der Waals surface area contributed by atoms with Crippen LogP contribution in [0.2, 0.25) is 0 Å². The van der Waals surface area contributed by atoms with Crippen molar-refractivity contribution < 1.29 is 13.5 Å². The standard InChI is InChI=1S/C16H11FO3/c1-19-13-7-4-11-8-14(16(18)20-15(11)9-13)10-2-5-12(17)6-3-10/h2-9H,1H3. The van der Waals surface area contributed by atoms with E-state index < -0.39 is 5.63 Å². The molecule has 0 aliphatic carbocycles. The summed E-state index contributed by atoms with van der Waals surface area (Å²) in [6, 6.07) is 12.7. The molecule has 0 fully saturated rings. The fourth-order valence-corrected chi connectivity index (χ4v) is 2.05. The summed E-state index contributed by atoms with van der Waals surface area (Å²) in [5, 5.41) is 0.782. The Hall–Kier alpha value is -2.62. The monoisotopic (exact) mass is 270 g/mol. The second-order valence-electron chi connectivity index (χ2n) is 4.36. The molecule has 3 rings (SSSR count). The van der Waals surface area contributed by atoms with Gasteiger partial charge >= 0.3 is 5.63 Å². The molecule has 4 heteroatoms. The highest BCUT2D eigenvalue weighted by molar-refractivity contribution is 5.82. The van der Waals surface area contributed by atoms with Crippen molar-refractivity contribution in [2.75, 3.05) is 7.11 Å². The molecular formula is C16H11FO3. The van der Waals surface area contributed by atoms with E-state index in [4.69, 9.17) is 9.15 Å². The number of methoxy groups -OCH3 is 1. The van der Waals surface area contributed by atoms with Crippen molar-refractivity contribution in [3.8, 4) is 16.9 Å². The molecule has 0 saturated heterocycles. The van der Waals surface area contributed by atoms with Gasteiger partial charge in [-0.25, -0.2) is 9.18 Å². The van der Waals surface area contributed by atoms with Gasteiger partial charge in [-0.1, -0.05) is 12.1 Å². The van der Waals surface area contributed by atoms with Crippen LogP contribution in [0, 0.1) is 5.82 Å². The first kappa shape index (κ1) is 12.4. The van der Waals surface area contributed by atoms with Gasteiger partial charge in [0.25, 0.3) is 0 Å². The average Bonchev–Trinajstić information content (AvgIpc) is 2.47.